The van der Waals surface area contributed by atoms with Gasteiger partial charge in [-0.25, -0.2) is 4.79 Å². The first kappa shape index (κ1) is 21.5. The molecule has 1 aromatic heterocycles. The van der Waals surface area contributed by atoms with Gasteiger partial charge >= 0.3 is 5.97 Å². The van der Waals surface area contributed by atoms with Crippen molar-refractivity contribution in [1.29, 1.82) is 0 Å². The number of aromatic nitrogens is 2. The number of nitro groups is 1. The van der Waals surface area contributed by atoms with Crippen LogP contribution in [0.5, 0.6) is 11.5 Å². The number of aromatic carboxylic acids is 1. The maximum absolute atomic E-state index is 12.6. The molecule has 2 N–H and O–H groups in total. The zero-order valence-corrected chi connectivity index (χ0v) is 17.0. The normalized spacial score (nSPS) is 11.6. The van der Waals surface area contributed by atoms with E-state index in [-0.39, 0.29) is 22.8 Å². The minimum atomic E-state index is -1.21. The SMILES string of the molecule is Cc1ccc(C)c(Oc2cc(NC(=O)C(C)n3ccc(C(=O)O)n3)cc([N+](=O)[O-])c2)c1. The third-order valence-electron chi connectivity index (χ3n) is 4.54. The lowest BCUT2D eigenvalue weighted by Crippen LogP contribution is -2.24. The van der Waals surface area contributed by atoms with Gasteiger partial charge in [0.25, 0.3) is 5.69 Å². The number of amides is 1. The number of hydrogen-bond donors (Lipinski definition) is 2. The van der Waals surface area contributed by atoms with Crippen LogP contribution in [0.25, 0.3) is 0 Å². The smallest absolute Gasteiger partial charge is 0.356 e. The summed E-state index contributed by atoms with van der Waals surface area (Å²) in [5.41, 5.74) is 1.53. The first-order valence-corrected chi connectivity index (χ1v) is 9.28. The number of nitrogens with zero attached hydrogens (tertiary/aromatic N) is 3. The second-order valence-electron chi connectivity index (χ2n) is 7.00. The molecule has 1 unspecified atom stereocenters. The van der Waals surface area contributed by atoms with E-state index in [0.717, 1.165) is 11.1 Å². The highest BCUT2D eigenvalue weighted by Gasteiger charge is 2.20. The number of aryl methyl sites for hydroxylation is 2. The fourth-order valence-corrected chi connectivity index (χ4v) is 2.80. The van der Waals surface area contributed by atoms with Gasteiger partial charge in [0, 0.05) is 18.3 Å². The average Bonchev–Trinajstić information content (AvgIpc) is 3.20. The Labute approximate surface area is 177 Å². The number of ether oxygens (including phenoxy) is 1. The number of hydrogen-bond acceptors (Lipinski definition) is 6. The zero-order valence-electron chi connectivity index (χ0n) is 17.0. The molecule has 0 saturated carbocycles. The van der Waals surface area contributed by atoms with Crippen LogP contribution in [-0.2, 0) is 4.79 Å². The summed E-state index contributed by atoms with van der Waals surface area (Å²) in [5.74, 6) is -1.00. The Morgan fingerprint density at radius 2 is 1.94 bits per heavy atom. The molecule has 0 radical (unpaired) electrons. The summed E-state index contributed by atoms with van der Waals surface area (Å²) in [6, 6.07) is 10.00. The number of carbonyl (C=O) groups is 2. The average molecular weight is 424 g/mol. The van der Waals surface area contributed by atoms with Crippen molar-refractivity contribution in [1.82, 2.24) is 9.78 Å². The number of anilines is 1. The molecule has 10 heteroatoms. The maximum atomic E-state index is 12.6. The molecule has 10 nitrogen and oxygen atoms in total. The Balaban J connectivity index is 1.86. The van der Waals surface area contributed by atoms with Crippen LogP contribution in [0, 0.1) is 24.0 Å². The van der Waals surface area contributed by atoms with E-state index < -0.39 is 22.8 Å². The van der Waals surface area contributed by atoms with Crippen LogP contribution >= 0.6 is 0 Å². The number of nitro benzene ring substituents is 1. The van der Waals surface area contributed by atoms with Crippen LogP contribution in [0.1, 0.15) is 34.6 Å². The molecule has 0 saturated heterocycles. The van der Waals surface area contributed by atoms with Gasteiger partial charge in [0.15, 0.2) is 5.69 Å². The molecule has 2 aromatic carbocycles. The summed E-state index contributed by atoms with van der Waals surface area (Å²) < 4.78 is 7.04. The van der Waals surface area contributed by atoms with E-state index in [0.29, 0.717) is 5.75 Å². The largest absolute Gasteiger partial charge is 0.476 e. The van der Waals surface area contributed by atoms with Gasteiger partial charge in [-0.1, -0.05) is 12.1 Å². The Morgan fingerprint density at radius 3 is 2.58 bits per heavy atom. The monoisotopic (exact) mass is 424 g/mol. The van der Waals surface area contributed by atoms with Crippen molar-refractivity contribution in [3.8, 4) is 11.5 Å². The minimum Gasteiger partial charge on any atom is -0.476 e. The van der Waals surface area contributed by atoms with Gasteiger partial charge in [0.2, 0.25) is 5.91 Å². The van der Waals surface area contributed by atoms with Crippen molar-refractivity contribution in [2.45, 2.75) is 26.8 Å². The number of rotatable bonds is 7. The molecule has 0 bridgehead atoms. The van der Waals surface area contributed by atoms with E-state index in [4.69, 9.17) is 9.84 Å². The van der Waals surface area contributed by atoms with E-state index in [1.807, 2.05) is 32.0 Å². The van der Waals surface area contributed by atoms with Gasteiger partial charge in [-0.3, -0.25) is 19.6 Å². The van der Waals surface area contributed by atoms with E-state index in [1.165, 1.54) is 42.1 Å². The summed E-state index contributed by atoms with van der Waals surface area (Å²) in [7, 11) is 0. The number of benzene rings is 2. The number of nitrogens with one attached hydrogen (secondary N) is 1. The van der Waals surface area contributed by atoms with Crippen molar-refractivity contribution >= 4 is 23.3 Å². The topological polar surface area (TPSA) is 137 Å². The second kappa shape index (κ2) is 8.66. The molecule has 1 atom stereocenters. The summed E-state index contributed by atoms with van der Waals surface area (Å²) in [4.78, 5) is 34.4. The highest BCUT2D eigenvalue weighted by atomic mass is 16.6. The summed E-state index contributed by atoms with van der Waals surface area (Å²) in [6.45, 7) is 5.28. The summed E-state index contributed by atoms with van der Waals surface area (Å²) in [6.07, 6.45) is 1.37. The fraction of sp³-hybridized carbons (Fsp3) is 0.190. The first-order chi connectivity index (χ1) is 14.6. The molecule has 3 aromatic rings. The van der Waals surface area contributed by atoms with E-state index >= 15 is 0 Å². The molecule has 1 amide bonds. The molecule has 31 heavy (non-hydrogen) atoms. The fourth-order valence-electron chi connectivity index (χ4n) is 2.80. The maximum Gasteiger partial charge on any atom is 0.356 e. The van der Waals surface area contributed by atoms with Gasteiger partial charge in [-0.2, -0.15) is 5.10 Å². The molecule has 0 aliphatic carbocycles. The lowest BCUT2D eigenvalue weighted by molar-refractivity contribution is -0.384. The van der Waals surface area contributed by atoms with Crippen LogP contribution < -0.4 is 10.1 Å². The Kier molecular flexibility index (Phi) is 6.00. The minimum absolute atomic E-state index is 0.164. The van der Waals surface area contributed by atoms with E-state index in [2.05, 4.69) is 10.4 Å². The van der Waals surface area contributed by atoms with Gasteiger partial charge in [-0.15, -0.1) is 0 Å². The Morgan fingerprint density at radius 1 is 1.19 bits per heavy atom. The highest BCUT2D eigenvalue weighted by Crippen LogP contribution is 2.32. The molecule has 0 aliphatic heterocycles. The van der Waals surface area contributed by atoms with Gasteiger partial charge in [-0.05, 0) is 44.0 Å². The van der Waals surface area contributed by atoms with Crippen LogP contribution in [-0.4, -0.2) is 31.7 Å². The molecular formula is C21H20N4O6. The molecular weight excluding hydrogens is 404 g/mol. The standard InChI is InChI=1S/C21H20N4O6/c1-12-4-5-13(2)19(8-12)31-17-10-15(9-16(11-17)25(29)30)22-20(26)14(3)24-7-6-18(23-24)21(27)28/h4-11,14H,1-3H3,(H,22,26)(H,27,28). The molecule has 3 rings (SSSR count). The Bertz CT molecular complexity index is 1170. The number of carboxylic acids is 1. The predicted octanol–water partition coefficient (Wildman–Crippen LogP) is 4.10. The lowest BCUT2D eigenvalue weighted by atomic mass is 10.1. The lowest BCUT2D eigenvalue weighted by Gasteiger charge is -2.14. The zero-order chi connectivity index (χ0) is 22.7. The number of carboxylic acid groups (broad SMARTS) is 1. The Hall–Kier alpha value is -4.21. The summed E-state index contributed by atoms with van der Waals surface area (Å²) in [5, 5.41) is 26.8. The van der Waals surface area contributed by atoms with Crippen molar-refractivity contribution in [3.63, 3.8) is 0 Å². The van der Waals surface area contributed by atoms with E-state index in [1.54, 1.807) is 0 Å². The number of carbonyl (C=O) groups excluding carboxylic acids is 1. The van der Waals surface area contributed by atoms with Crippen LogP contribution in [0.2, 0.25) is 0 Å². The van der Waals surface area contributed by atoms with Crippen molar-refractivity contribution in [2.75, 3.05) is 5.32 Å². The second-order valence-corrected chi connectivity index (χ2v) is 7.00. The van der Waals surface area contributed by atoms with Crippen LogP contribution in [0.4, 0.5) is 11.4 Å². The molecule has 1 heterocycles. The molecule has 0 spiro atoms. The van der Waals surface area contributed by atoms with Crippen LogP contribution in [0.15, 0.2) is 48.7 Å². The third-order valence-corrected chi connectivity index (χ3v) is 4.54. The van der Waals surface area contributed by atoms with Crippen molar-refractivity contribution in [2.24, 2.45) is 0 Å². The van der Waals surface area contributed by atoms with Crippen molar-refractivity contribution in [3.05, 3.63) is 75.6 Å². The quantitative estimate of drug-likeness (QED) is 0.430. The van der Waals surface area contributed by atoms with Crippen LogP contribution in [0.3, 0.4) is 0 Å². The van der Waals surface area contributed by atoms with E-state index in [9.17, 15) is 19.7 Å². The van der Waals surface area contributed by atoms with Gasteiger partial charge in [0.05, 0.1) is 16.7 Å². The third kappa shape index (κ3) is 5.04. The summed E-state index contributed by atoms with van der Waals surface area (Å²) >= 11 is 0. The first-order valence-electron chi connectivity index (χ1n) is 9.28. The molecule has 160 valence electrons. The molecule has 0 aliphatic rings. The van der Waals surface area contributed by atoms with Gasteiger partial charge < -0.3 is 15.2 Å². The molecule has 0 fully saturated rings. The van der Waals surface area contributed by atoms with Crippen molar-refractivity contribution < 1.29 is 24.4 Å². The van der Waals surface area contributed by atoms with Gasteiger partial charge in [0.1, 0.15) is 17.5 Å². The predicted molar refractivity (Wildman–Crippen MR) is 112 cm³/mol. The number of non-ortho nitro benzene ring substituents is 1. The highest BCUT2D eigenvalue weighted by molar-refractivity contribution is 5.94.